The van der Waals surface area contributed by atoms with Crippen molar-refractivity contribution in [3.8, 4) is 17.2 Å². The molecule has 0 radical (unpaired) electrons. The Bertz CT molecular complexity index is 990. The number of nitrogens with zero attached hydrogens (tertiary/aromatic N) is 2. The summed E-state index contributed by atoms with van der Waals surface area (Å²) >= 11 is 1.45. The molecule has 0 saturated carbocycles. The molecule has 8 heteroatoms. The molecule has 2 N–H and O–H groups in total. The van der Waals surface area contributed by atoms with Crippen LogP contribution in [0.1, 0.15) is 24.3 Å². The van der Waals surface area contributed by atoms with Crippen molar-refractivity contribution in [2.24, 2.45) is 0 Å². The molecule has 2 heterocycles. The Hall–Kier alpha value is -2.37. The van der Waals surface area contributed by atoms with Crippen LogP contribution in [0.4, 0.5) is 0 Å². The van der Waals surface area contributed by atoms with Crippen molar-refractivity contribution >= 4 is 27.3 Å². The second-order valence-corrected chi connectivity index (χ2v) is 9.42. The van der Waals surface area contributed by atoms with Gasteiger partial charge in [-0.3, -0.25) is 5.41 Å². The molecule has 2 aromatic rings. The molecule has 0 unspecified atom stereocenters. The highest BCUT2D eigenvalue weighted by molar-refractivity contribution is 7.90. The van der Waals surface area contributed by atoms with E-state index in [-0.39, 0.29) is 5.96 Å². The lowest BCUT2D eigenvalue weighted by Crippen LogP contribution is -2.64. The summed E-state index contributed by atoms with van der Waals surface area (Å²) in [7, 11) is -2.22. The number of sulfonamides is 1. The minimum absolute atomic E-state index is 0.137. The van der Waals surface area contributed by atoms with Crippen molar-refractivity contribution in [3.63, 3.8) is 0 Å². The Morgan fingerprint density at radius 2 is 2.08 bits per heavy atom. The summed E-state index contributed by atoms with van der Waals surface area (Å²) in [4.78, 5) is 0.832. The first-order valence-corrected chi connectivity index (χ1v) is 10.0. The van der Waals surface area contributed by atoms with Gasteiger partial charge in [-0.25, -0.2) is 12.7 Å². The van der Waals surface area contributed by atoms with Crippen LogP contribution < -0.4 is 5.32 Å². The summed E-state index contributed by atoms with van der Waals surface area (Å²) in [5.74, 6) is -0.137. The molecule has 0 aliphatic carbocycles. The summed E-state index contributed by atoms with van der Waals surface area (Å²) in [6.45, 7) is 3.46. The molecule has 0 spiro atoms. The summed E-state index contributed by atoms with van der Waals surface area (Å²) in [5.41, 5.74) is 1.52. The maximum absolute atomic E-state index is 12.6. The zero-order valence-electron chi connectivity index (χ0n) is 14.1. The Morgan fingerprint density at radius 3 is 2.76 bits per heavy atom. The molecule has 1 aromatic carbocycles. The Morgan fingerprint density at radius 1 is 1.36 bits per heavy atom. The van der Waals surface area contributed by atoms with E-state index in [0.717, 1.165) is 20.3 Å². The van der Waals surface area contributed by atoms with Crippen LogP contribution in [0.25, 0.3) is 11.1 Å². The van der Waals surface area contributed by atoms with Crippen LogP contribution in [0.5, 0.6) is 0 Å². The number of hydrogen-bond acceptors (Lipinski definition) is 5. The fourth-order valence-electron chi connectivity index (χ4n) is 2.88. The van der Waals surface area contributed by atoms with Gasteiger partial charge < -0.3 is 5.32 Å². The molecule has 3 rings (SSSR count). The molecule has 1 aliphatic heterocycles. The highest BCUT2D eigenvalue weighted by Gasteiger charge is 2.49. The van der Waals surface area contributed by atoms with E-state index in [1.807, 2.05) is 23.6 Å². The van der Waals surface area contributed by atoms with Crippen LogP contribution in [0.3, 0.4) is 0 Å². The van der Waals surface area contributed by atoms with Gasteiger partial charge in [-0.2, -0.15) is 5.26 Å². The van der Waals surface area contributed by atoms with Crippen LogP contribution in [0, 0.1) is 16.7 Å². The fourth-order valence-corrected chi connectivity index (χ4v) is 5.64. The van der Waals surface area contributed by atoms with Crippen molar-refractivity contribution in [3.05, 3.63) is 46.2 Å². The van der Waals surface area contributed by atoms with E-state index in [1.54, 1.807) is 26.0 Å². The molecule has 1 saturated heterocycles. The van der Waals surface area contributed by atoms with Gasteiger partial charge in [0.25, 0.3) is 0 Å². The van der Waals surface area contributed by atoms with Gasteiger partial charge in [-0.15, -0.1) is 11.3 Å². The fraction of sp³-hybridized carbons (Fsp3) is 0.294. The monoisotopic (exact) mass is 374 g/mol. The molecule has 2 atom stereocenters. The molecule has 0 bridgehead atoms. The van der Waals surface area contributed by atoms with Crippen molar-refractivity contribution in [2.75, 3.05) is 7.05 Å². The predicted molar refractivity (Wildman–Crippen MR) is 98.8 cm³/mol. The average Bonchev–Trinajstić information content (AvgIpc) is 3.10. The predicted octanol–water partition coefficient (Wildman–Crippen LogP) is 2.69. The maximum atomic E-state index is 12.6. The van der Waals surface area contributed by atoms with Gasteiger partial charge >= 0.3 is 0 Å². The normalized spacial score (nSPS) is 25.3. The van der Waals surface area contributed by atoms with E-state index in [0.29, 0.717) is 5.56 Å². The van der Waals surface area contributed by atoms with E-state index in [4.69, 9.17) is 10.7 Å². The summed E-state index contributed by atoms with van der Waals surface area (Å²) in [6, 6.07) is 11.3. The molecule has 1 aromatic heterocycles. The zero-order chi connectivity index (χ0) is 18.4. The first kappa shape index (κ1) is 17.5. The largest absolute Gasteiger partial charge is 0.344 e. The lowest BCUT2D eigenvalue weighted by molar-refractivity contribution is 0.370. The van der Waals surface area contributed by atoms with Gasteiger partial charge in [0.15, 0.2) is 0 Å². The third kappa shape index (κ3) is 2.69. The molecule has 1 fully saturated rings. The highest BCUT2D eigenvalue weighted by Crippen LogP contribution is 2.39. The minimum atomic E-state index is -3.60. The lowest BCUT2D eigenvalue weighted by atomic mass is 9.94. The van der Waals surface area contributed by atoms with Crippen molar-refractivity contribution in [1.29, 1.82) is 10.7 Å². The van der Waals surface area contributed by atoms with Gasteiger partial charge in [0.2, 0.25) is 16.0 Å². The van der Waals surface area contributed by atoms with E-state index < -0.39 is 20.8 Å². The Balaban J connectivity index is 2.04. The molecular weight excluding hydrogens is 356 g/mol. The van der Waals surface area contributed by atoms with Crippen LogP contribution >= 0.6 is 11.3 Å². The zero-order valence-corrected chi connectivity index (χ0v) is 15.7. The van der Waals surface area contributed by atoms with Crippen molar-refractivity contribution in [2.45, 2.75) is 24.6 Å². The first-order valence-electron chi connectivity index (χ1n) is 7.64. The molecule has 6 nitrogen and oxygen atoms in total. The molecule has 1 aliphatic rings. The van der Waals surface area contributed by atoms with E-state index in [1.165, 1.54) is 18.4 Å². The van der Waals surface area contributed by atoms with Crippen LogP contribution in [-0.2, 0) is 15.6 Å². The SMILES string of the molecule is C[C@H]1[C@@](C)(c2cc(-c3cccc(C#N)c3)cs2)NC(=N)N(C)S1(=O)=O. The van der Waals surface area contributed by atoms with E-state index in [9.17, 15) is 8.42 Å². The number of nitrogens with one attached hydrogen (secondary N) is 2. The molecular formula is C17H18N4O2S2. The van der Waals surface area contributed by atoms with Crippen molar-refractivity contribution in [1.82, 2.24) is 9.62 Å². The number of rotatable bonds is 2. The van der Waals surface area contributed by atoms with Gasteiger partial charge in [0, 0.05) is 11.9 Å². The van der Waals surface area contributed by atoms with Gasteiger partial charge in [-0.05, 0) is 48.6 Å². The third-order valence-electron chi connectivity index (χ3n) is 4.77. The smallest absolute Gasteiger partial charge is 0.242 e. The second kappa shape index (κ2) is 5.86. The standard InChI is InChI=1S/C17H18N4O2S2/c1-11-17(2,20-16(19)21(3)25(11,22)23)15-8-14(10-24-15)13-6-4-5-12(7-13)9-18/h4-8,10-11H,1-3H3,(H2,19,20)/t11-,17-/m0/s1. The van der Waals surface area contributed by atoms with Crippen molar-refractivity contribution < 1.29 is 8.42 Å². The summed E-state index contributed by atoms with van der Waals surface area (Å²) in [5, 5.41) is 21.3. The Kier molecular flexibility index (Phi) is 4.09. The molecule has 0 amide bonds. The quantitative estimate of drug-likeness (QED) is 0.844. The number of hydrogen-bond donors (Lipinski definition) is 2. The van der Waals surface area contributed by atoms with Gasteiger partial charge in [0.05, 0.1) is 17.2 Å². The number of nitriles is 1. The maximum Gasteiger partial charge on any atom is 0.242 e. The number of guanidine groups is 1. The number of thiophene rings is 1. The minimum Gasteiger partial charge on any atom is -0.344 e. The number of benzene rings is 1. The van der Waals surface area contributed by atoms with Gasteiger partial charge in [-0.1, -0.05) is 12.1 Å². The molecule has 25 heavy (non-hydrogen) atoms. The topological polar surface area (TPSA) is 97.1 Å². The van der Waals surface area contributed by atoms with Crippen LogP contribution in [0.2, 0.25) is 0 Å². The average molecular weight is 374 g/mol. The summed E-state index contributed by atoms with van der Waals surface area (Å²) in [6.07, 6.45) is 0. The van der Waals surface area contributed by atoms with Gasteiger partial charge in [0.1, 0.15) is 5.25 Å². The lowest BCUT2D eigenvalue weighted by Gasteiger charge is -2.44. The highest BCUT2D eigenvalue weighted by atomic mass is 32.2. The molecule has 130 valence electrons. The first-order chi connectivity index (χ1) is 11.7. The Labute approximate surface area is 151 Å². The third-order valence-corrected chi connectivity index (χ3v) is 8.25. The van der Waals surface area contributed by atoms with Crippen LogP contribution in [0.15, 0.2) is 35.7 Å². The van der Waals surface area contributed by atoms with Crippen LogP contribution in [-0.4, -0.2) is 31.0 Å². The second-order valence-electron chi connectivity index (χ2n) is 6.22. The summed E-state index contributed by atoms with van der Waals surface area (Å²) < 4.78 is 26.1. The van der Waals surface area contributed by atoms with E-state index in [2.05, 4.69) is 11.4 Å². The van der Waals surface area contributed by atoms with E-state index >= 15 is 0 Å².